The van der Waals surface area contributed by atoms with E-state index < -0.39 is 0 Å². The molecule has 0 amide bonds. The van der Waals surface area contributed by atoms with Crippen molar-refractivity contribution in [2.75, 3.05) is 0 Å². The van der Waals surface area contributed by atoms with Crippen LogP contribution in [0.3, 0.4) is 0 Å². The minimum atomic E-state index is 0.548. The van der Waals surface area contributed by atoms with E-state index in [0.29, 0.717) is 28.1 Å². The first kappa shape index (κ1) is 24.5. The van der Waals surface area contributed by atoms with Crippen molar-refractivity contribution >= 4 is 44.3 Å². The fraction of sp³-hybridized carbons (Fsp3) is 0. The average molecular weight is 560 g/mol. The second-order valence-corrected chi connectivity index (χ2v) is 10.6. The summed E-state index contributed by atoms with van der Waals surface area (Å²) in [5, 5.41) is 4.67. The molecule has 6 aromatic carbocycles. The maximum atomic E-state index is 6.60. The molecule has 0 aliphatic rings. The number of nitrogens with zero attached hydrogens (tertiary/aromatic N) is 3. The smallest absolute Gasteiger partial charge is 0.164 e. The Hall–Kier alpha value is -5.32. The molecule has 0 spiro atoms. The molecule has 8 aromatic rings. The average Bonchev–Trinajstić information content (AvgIpc) is 3.46. The summed E-state index contributed by atoms with van der Waals surface area (Å²) in [5.74, 6) is 1.77. The molecule has 0 bridgehead atoms. The van der Waals surface area contributed by atoms with Gasteiger partial charge in [-0.15, -0.1) is 0 Å². The summed E-state index contributed by atoms with van der Waals surface area (Å²) in [6, 6.07) is 45.0. The van der Waals surface area contributed by atoms with E-state index in [1.165, 1.54) is 11.1 Å². The van der Waals surface area contributed by atoms with Crippen LogP contribution in [-0.2, 0) is 0 Å². The lowest BCUT2D eigenvalue weighted by Gasteiger charge is -2.10. The van der Waals surface area contributed by atoms with Gasteiger partial charge in [0.25, 0.3) is 0 Å². The molecular formula is C37H22ClN3O. The lowest BCUT2D eigenvalue weighted by Crippen LogP contribution is -2.00. The molecule has 0 saturated carbocycles. The zero-order valence-corrected chi connectivity index (χ0v) is 23.1. The van der Waals surface area contributed by atoms with Gasteiger partial charge in [-0.2, -0.15) is 0 Å². The number of halogens is 1. The number of hydrogen-bond acceptors (Lipinski definition) is 4. The van der Waals surface area contributed by atoms with Crippen LogP contribution in [-0.4, -0.2) is 15.0 Å². The molecule has 0 saturated heterocycles. The van der Waals surface area contributed by atoms with E-state index in [-0.39, 0.29) is 0 Å². The molecule has 4 nitrogen and oxygen atoms in total. The molecular weight excluding hydrogens is 538 g/mol. The van der Waals surface area contributed by atoms with Crippen molar-refractivity contribution in [3.05, 3.63) is 138 Å². The Morgan fingerprint density at radius 3 is 1.83 bits per heavy atom. The Morgan fingerprint density at radius 2 is 1.07 bits per heavy atom. The number of benzene rings is 6. The van der Waals surface area contributed by atoms with Gasteiger partial charge in [0, 0.05) is 27.5 Å². The van der Waals surface area contributed by atoms with Crippen molar-refractivity contribution in [1.82, 2.24) is 15.0 Å². The van der Waals surface area contributed by atoms with Gasteiger partial charge < -0.3 is 4.42 Å². The van der Waals surface area contributed by atoms with E-state index in [9.17, 15) is 0 Å². The Morgan fingerprint density at radius 1 is 0.476 bits per heavy atom. The molecule has 5 heteroatoms. The Bertz CT molecular complexity index is 2260. The second kappa shape index (κ2) is 9.95. The molecule has 8 rings (SSSR count). The fourth-order valence-corrected chi connectivity index (χ4v) is 5.72. The van der Waals surface area contributed by atoms with Crippen LogP contribution >= 0.6 is 11.6 Å². The topological polar surface area (TPSA) is 51.8 Å². The third-order valence-corrected chi connectivity index (χ3v) is 7.89. The first-order valence-corrected chi connectivity index (χ1v) is 14.1. The number of hydrogen-bond donors (Lipinski definition) is 0. The van der Waals surface area contributed by atoms with Gasteiger partial charge in [0.05, 0.1) is 5.02 Å². The number of para-hydroxylation sites is 1. The van der Waals surface area contributed by atoms with Crippen LogP contribution in [0.25, 0.3) is 78.0 Å². The molecule has 0 fully saturated rings. The first-order valence-electron chi connectivity index (χ1n) is 13.7. The quantitative estimate of drug-likeness (QED) is 0.215. The van der Waals surface area contributed by atoms with E-state index in [1.807, 2.05) is 72.8 Å². The van der Waals surface area contributed by atoms with Crippen LogP contribution in [0.15, 0.2) is 138 Å². The monoisotopic (exact) mass is 559 g/mol. The number of furan rings is 1. The Kier molecular flexibility index (Phi) is 5.80. The molecule has 2 heterocycles. The summed E-state index contributed by atoms with van der Waals surface area (Å²) in [7, 11) is 0. The minimum Gasteiger partial charge on any atom is -0.454 e. The number of fused-ring (bicyclic) bond motifs is 4. The van der Waals surface area contributed by atoms with Crippen molar-refractivity contribution < 1.29 is 4.42 Å². The third-order valence-electron chi connectivity index (χ3n) is 7.59. The van der Waals surface area contributed by atoms with Gasteiger partial charge in [0.1, 0.15) is 5.58 Å². The zero-order valence-electron chi connectivity index (χ0n) is 22.3. The standard InChI is InChI=1S/C37H22ClN3O/c38-31-20-19-30(33-29-13-7-8-14-32(29)42-34(31)33)37-40-35(24-11-5-2-6-12-24)39-36(41-37)28-18-17-26-21-25(15-16-27(26)22-28)23-9-3-1-4-10-23/h1-22H. The van der Waals surface area contributed by atoms with Crippen molar-refractivity contribution in [3.63, 3.8) is 0 Å². The molecule has 0 atom stereocenters. The highest BCUT2D eigenvalue weighted by atomic mass is 35.5. The van der Waals surface area contributed by atoms with Gasteiger partial charge in [0.2, 0.25) is 0 Å². The van der Waals surface area contributed by atoms with Crippen LogP contribution in [0.5, 0.6) is 0 Å². The number of aromatic nitrogens is 3. The highest BCUT2D eigenvalue weighted by Gasteiger charge is 2.19. The first-order chi connectivity index (χ1) is 20.7. The largest absolute Gasteiger partial charge is 0.454 e. The SMILES string of the molecule is Clc1ccc(-c2nc(-c3ccccc3)nc(-c3ccc4cc(-c5ccccc5)ccc4c3)n2)c2c1oc1ccccc12. The van der Waals surface area contributed by atoms with Gasteiger partial charge in [-0.05, 0) is 52.2 Å². The van der Waals surface area contributed by atoms with Crippen molar-refractivity contribution in [2.24, 2.45) is 0 Å². The van der Waals surface area contributed by atoms with Crippen molar-refractivity contribution in [3.8, 4) is 45.3 Å². The minimum absolute atomic E-state index is 0.548. The van der Waals surface area contributed by atoms with Crippen LogP contribution in [0.4, 0.5) is 0 Å². The van der Waals surface area contributed by atoms with E-state index in [2.05, 4.69) is 60.7 Å². The Balaban J connectivity index is 1.32. The van der Waals surface area contributed by atoms with Crippen molar-refractivity contribution in [2.45, 2.75) is 0 Å². The van der Waals surface area contributed by atoms with Gasteiger partial charge in [0.15, 0.2) is 23.1 Å². The van der Waals surface area contributed by atoms with Gasteiger partial charge in [-0.25, -0.2) is 15.0 Å². The summed E-state index contributed by atoms with van der Waals surface area (Å²) < 4.78 is 6.16. The molecule has 2 aromatic heterocycles. The lowest BCUT2D eigenvalue weighted by molar-refractivity contribution is 0.669. The lowest BCUT2D eigenvalue weighted by atomic mass is 10.00. The molecule has 0 N–H and O–H groups in total. The summed E-state index contributed by atoms with van der Waals surface area (Å²) >= 11 is 6.60. The molecule has 0 aliphatic carbocycles. The second-order valence-electron chi connectivity index (χ2n) is 10.2. The fourth-order valence-electron chi connectivity index (χ4n) is 5.52. The van der Waals surface area contributed by atoms with Crippen LogP contribution in [0.1, 0.15) is 0 Å². The van der Waals surface area contributed by atoms with Crippen LogP contribution in [0, 0.1) is 0 Å². The maximum absolute atomic E-state index is 6.60. The molecule has 42 heavy (non-hydrogen) atoms. The highest BCUT2D eigenvalue weighted by Crippen LogP contribution is 2.40. The van der Waals surface area contributed by atoms with E-state index in [0.717, 1.165) is 43.8 Å². The summed E-state index contributed by atoms with van der Waals surface area (Å²) in [6.45, 7) is 0. The Labute approximate surface area is 246 Å². The summed E-state index contributed by atoms with van der Waals surface area (Å²) in [6.07, 6.45) is 0. The van der Waals surface area contributed by atoms with Gasteiger partial charge in [-0.3, -0.25) is 0 Å². The molecule has 0 radical (unpaired) electrons. The third kappa shape index (κ3) is 4.21. The summed E-state index contributed by atoms with van der Waals surface area (Å²) in [5.41, 5.74) is 6.44. The zero-order chi connectivity index (χ0) is 28.0. The van der Waals surface area contributed by atoms with E-state index >= 15 is 0 Å². The van der Waals surface area contributed by atoms with Gasteiger partial charge in [-0.1, -0.05) is 115 Å². The predicted octanol–water partition coefficient (Wildman–Crippen LogP) is 10.2. The van der Waals surface area contributed by atoms with Crippen LogP contribution in [0.2, 0.25) is 5.02 Å². The molecule has 0 unspecified atom stereocenters. The van der Waals surface area contributed by atoms with E-state index in [4.69, 9.17) is 31.0 Å². The highest BCUT2D eigenvalue weighted by molar-refractivity contribution is 6.36. The normalized spacial score (nSPS) is 11.5. The van der Waals surface area contributed by atoms with Crippen molar-refractivity contribution in [1.29, 1.82) is 0 Å². The predicted molar refractivity (Wildman–Crippen MR) is 171 cm³/mol. The molecule has 198 valence electrons. The maximum Gasteiger partial charge on any atom is 0.164 e. The molecule has 0 aliphatic heterocycles. The van der Waals surface area contributed by atoms with Gasteiger partial charge >= 0.3 is 0 Å². The van der Waals surface area contributed by atoms with Crippen LogP contribution < -0.4 is 0 Å². The van der Waals surface area contributed by atoms with E-state index in [1.54, 1.807) is 0 Å². The number of rotatable bonds is 4. The summed E-state index contributed by atoms with van der Waals surface area (Å²) in [4.78, 5) is 14.9.